The van der Waals surface area contributed by atoms with Crippen molar-refractivity contribution in [1.29, 1.82) is 0 Å². The second-order valence-electron chi connectivity index (χ2n) is 5.55. The second kappa shape index (κ2) is 7.50. The maximum Gasteiger partial charge on any atom is 0.181 e. The van der Waals surface area contributed by atoms with Crippen LogP contribution in [0.1, 0.15) is 40.4 Å². The standard InChI is InChI=1S/C21H19NO/c23-21(20-13-7-8-16-22-20)15-14-19(17-9-3-1-4-10-17)18-11-5-2-6-12-18/h1-13,16,19H,14-15H2. The number of rotatable bonds is 6. The zero-order valence-corrected chi connectivity index (χ0v) is 12.9. The van der Waals surface area contributed by atoms with E-state index in [1.54, 1.807) is 12.3 Å². The molecule has 0 saturated heterocycles. The molecule has 2 heteroatoms. The maximum atomic E-state index is 12.3. The van der Waals surface area contributed by atoms with Crippen LogP contribution in [0.4, 0.5) is 0 Å². The molecule has 0 aliphatic heterocycles. The lowest BCUT2D eigenvalue weighted by molar-refractivity contribution is 0.0974. The van der Waals surface area contributed by atoms with Crippen LogP contribution in [0.3, 0.4) is 0 Å². The average molecular weight is 301 g/mol. The molecule has 3 aromatic rings. The molecule has 0 bridgehead atoms. The van der Waals surface area contributed by atoms with Gasteiger partial charge in [-0.05, 0) is 29.7 Å². The minimum atomic E-state index is 0.0995. The van der Waals surface area contributed by atoms with Gasteiger partial charge in [0.25, 0.3) is 0 Å². The summed E-state index contributed by atoms with van der Waals surface area (Å²) in [6, 6.07) is 26.2. The molecule has 1 heterocycles. The molecular formula is C21H19NO. The first-order valence-electron chi connectivity index (χ1n) is 7.89. The van der Waals surface area contributed by atoms with Crippen molar-refractivity contribution in [3.05, 3.63) is 102 Å². The predicted octanol–water partition coefficient (Wildman–Crippen LogP) is 4.88. The third kappa shape index (κ3) is 3.92. The fraction of sp³-hybridized carbons (Fsp3) is 0.143. The number of carbonyl (C=O) groups is 1. The van der Waals surface area contributed by atoms with Crippen LogP contribution < -0.4 is 0 Å². The fourth-order valence-corrected chi connectivity index (χ4v) is 2.83. The summed E-state index contributed by atoms with van der Waals surface area (Å²) in [4.78, 5) is 16.5. The van der Waals surface area contributed by atoms with Gasteiger partial charge in [-0.3, -0.25) is 9.78 Å². The average Bonchev–Trinajstić information content (AvgIpc) is 2.64. The van der Waals surface area contributed by atoms with E-state index in [4.69, 9.17) is 0 Å². The van der Waals surface area contributed by atoms with Gasteiger partial charge in [0, 0.05) is 18.5 Å². The van der Waals surface area contributed by atoms with E-state index < -0.39 is 0 Å². The topological polar surface area (TPSA) is 30.0 Å². The molecule has 0 saturated carbocycles. The van der Waals surface area contributed by atoms with Gasteiger partial charge in [-0.2, -0.15) is 0 Å². The molecule has 0 fully saturated rings. The van der Waals surface area contributed by atoms with Gasteiger partial charge in [0.15, 0.2) is 5.78 Å². The van der Waals surface area contributed by atoms with Crippen molar-refractivity contribution in [3.63, 3.8) is 0 Å². The minimum Gasteiger partial charge on any atom is -0.292 e. The first-order chi connectivity index (χ1) is 11.3. The number of pyridine rings is 1. The number of nitrogens with zero attached hydrogens (tertiary/aromatic N) is 1. The van der Waals surface area contributed by atoms with Gasteiger partial charge in [-0.1, -0.05) is 66.7 Å². The van der Waals surface area contributed by atoms with Crippen molar-refractivity contribution in [2.45, 2.75) is 18.8 Å². The van der Waals surface area contributed by atoms with Gasteiger partial charge < -0.3 is 0 Å². The number of benzene rings is 2. The summed E-state index contributed by atoms with van der Waals surface area (Å²) in [5.41, 5.74) is 3.03. The van der Waals surface area contributed by atoms with Gasteiger partial charge in [0.1, 0.15) is 5.69 Å². The number of hydrogen-bond acceptors (Lipinski definition) is 2. The summed E-state index contributed by atoms with van der Waals surface area (Å²) in [5, 5.41) is 0. The van der Waals surface area contributed by atoms with Crippen molar-refractivity contribution >= 4 is 5.78 Å². The highest BCUT2D eigenvalue weighted by atomic mass is 16.1. The van der Waals surface area contributed by atoms with E-state index in [1.165, 1.54) is 11.1 Å². The first-order valence-corrected chi connectivity index (χ1v) is 7.89. The molecule has 0 N–H and O–H groups in total. The molecule has 0 spiro atoms. The smallest absolute Gasteiger partial charge is 0.181 e. The third-order valence-electron chi connectivity index (χ3n) is 4.01. The van der Waals surface area contributed by atoms with Crippen LogP contribution >= 0.6 is 0 Å². The van der Waals surface area contributed by atoms with Crippen LogP contribution in [0.25, 0.3) is 0 Å². The maximum absolute atomic E-state index is 12.3. The quantitative estimate of drug-likeness (QED) is 0.608. The molecule has 114 valence electrons. The summed E-state index contributed by atoms with van der Waals surface area (Å²) < 4.78 is 0. The molecule has 0 aliphatic rings. The largest absolute Gasteiger partial charge is 0.292 e. The number of ketones is 1. The molecular weight excluding hydrogens is 282 g/mol. The van der Waals surface area contributed by atoms with Crippen LogP contribution in [0.2, 0.25) is 0 Å². The van der Waals surface area contributed by atoms with Gasteiger partial charge in [-0.15, -0.1) is 0 Å². The van der Waals surface area contributed by atoms with Gasteiger partial charge >= 0.3 is 0 Å². The van der Waals surface area contributed by atoms with Crippen molar-refractivity contribution < 1.29 is 4.79 Å². The summed E-state index contributed by atoms with van der Waals surface area (Å²) in [5.74, 6) is 0.326. The lowest BCUT2D eigenvalue weighted by Gasteiger charge is -2.17. The Hall–Kier alpha value is -2.74. The Morgan fingerprint density at radius 2 is 1.35 bits per heavy atom. The van der Waals surface area contributed by atoms with Crippen molar-refractivity contribution in [2.75, 3.05) is 0 Å². The summed E-state index contributed by atoms with van der Waals surface area (Å²) >= 11 is 0. The first kappa shape index (κ1) is 15.2. The molecule has 3 rings (SSSR count). The molecule has 23 heavy (non-hydrogen) atoms. The van der Waals surface area contributed by atoms with Crippen LogP contribution in [0, 0.1) is 0 Å². The van der Waals surface area contributed by atoms with Crippen LogP contribution in [-0.4, -0.2) is 10.8 Å². The zero-order chi connectivity index (χ0) is 15.9. The van der Waals surface area contributed by atoms with Crippen LogP contribution in [0.5, 0.6) is 0 Å². The van der Waals surface area contributed by atoms with E-state index in [0.717, 1.165) is 6.42 Å². The second-order valence-corrected chi connectivity index (χ2v) is 5.55. The summed E-state index contributed by atoms with van der Waals surface area (Å²) in [6.45, 7) is 0. The van der Waals surface area contributed by atoms with Crippen molar-refractivity contribution in [1.82, 2.24) is 4.98 Å². The molecule has 0 amide bonds. The van der Waals surface area contributed by atoms with Crippen molar-refractivity contribution in [3.8, 4) is 0 Å². The number of aromatic nitrogens is 1. The van der Waals surface area contributed by atoms with Gasteiger partial charge in [-0.25, -0.2) is 0 Å². The summed E-state index contributed by atoms with van der Waals surface area (Å²) in [7, 11) is 0. The Kier molecular flexibility index (Phi) is 4.95. The molecule has 0 unspecified atom stereocenters. The molecule has 0 aliphatic carbocycles. The van der Waals surface area contributed by atoms with Crippen LogP contribution in [0.15, 0.2) is 85.1 Å². The molecule has 1 aromatic heterocycles. The molecule has 0 atom stereocenters. The highest BCUT2D eigenvalue weighted by Crippen LogP contribution is 2.29. The number of carbonyl (C=O) groups excluding carboxylic acids is 1. The fourth-order valence-electron chi connectivity index (χ4n) is 2.83. The SMILES string of the molecule is O=C(CCC(c1ccccc1)c1ccccc1)c1ccccn1. The van der Waals surface area contributed by atoms with Crippen LogP contribution in [-0.2, 0) is 0 Å². The Labute approximate surface area is 136 Å². The van der Waals surface area contributed by atoms with E-state index in [0.29, 0.717) is 12.1 Å². The third-order valence-corrected chi connectivity index (χ3v) is 4.01. The Morgan fingerprint density at radius 1 is 0.783 bits per heavy atom. The lowest BCUT2D eigenvalue weighted by Crippen LogP contribution is -2.07. The van der Waals surface area contributed by atoms with E-state index >= 15 is 0 Å². The van der Waals surface area contributed by atoms with Gasteiger partial charge in [0.2, 0.25) is 0 Å². The Balaban J connectivity index is 1.79. The molecule has 0 radical (unpaired) electrons. The van der Waals surface area contributed by atoms with E-state index in [1.807, 2.05) is 48.5 Å². The highest BCUT2D eigenvalue weighted by molar-refractivity contribution is 5.94. The normalized spacial score (nSPS) is 10.7. The number of hydrogen-bond donors (Lipinski definition) is 0. The monoisotopic (exact) mass is 301 g/mol. The zero-order valence-electron chi connectivity index (χ0n) is 12.9. The molecule has 2 aromatic carbocycles. The lowest BCUT2D eigenvalue weighted by atomic mass is 9.86. The predicted molar refractivity (Wildman–Crippen MR) is 92.5 cm³/mol. The van der Waals surface area contributed by atoms with E-state index in [2.05, 4.69) is 29.2 Å². The minimum absolute atomic E-state index is 0.0995. The Bertz CT molecular complexity index is 699. The van der Waals surface area contributed by atoms with E-state index in [-0.39, 0.29) is 11.7 Å². The van der Waals surface area contributed by atoms with Crippen molar-refractivity contribution in [2.24, 2.45) is 0 Å². The Morgan fingerprint density at radius 3 is 1.87 bits per heavy atom. The highest BCUT2D eigenvalue weighted by Gasteiger charge is 2.16. The summed E-state index contributed by atoms with van der Waals surface area (Å²) in [6.07, 6.45) is 2.94. The molecule has 2 nitrogen and oxygen atoms in total. The number of Topliss-reactive ketones (excluding diaryl/α,β-unsaturated/α-hetero) is 1. The van der Waals surface area contributed by atoms with Gasteiger partial charge in [0.05, 0.1) is 0 Å². The van der Waals surface area contributed by atoms with E-state index in [9.17, 15) is 4.79 Å².